The van der Waals surface area contributed by atoms with E-state index in [1.165, 1.54) is 5.56 Å². The molecule has 2 rings (SSSR count). The summed E-state index contributed by atoms with van der Waals surface area (Å²) < 4.78 is 1.82. The molecular formula is C11H19N3O. The summed E-state index contributed by atoms with van der Waals surface area (Å²) in [5.74, 6) is 0. The van der Waals surface area contributed by atoms with Crippen LogP contribution in [0.5, 0.6) is 0 Å². The van der Waals surface area contributed by atoms with Gasteiger partial charge in [0.2, 0.25) is 0 Å². The number of nitrogens with one attached hydrogen (secondary N) is 1. The Morgan fingerprint density at radius 2 is 2.53 bits per heavy atom. The van der Waals surface area contributed by atoms with Crippen molar-refractivity contribution >= 4 is 0 Å². The number of hydrogen-bond acceptors (Lipinski definition) is 3. The minimum atomic E-state index is 0.0291. The molecule has 84 valence electrons. The second kappa shape index (κ2) is 4.33. The highest BCUT2D eigenvalue weighted by Crippen LogP contribution is 2.29. The van der Waals surface area contributed by atoms with Crippen molar-refractivity contribution in [2.75, 3.05) is 19.7 Å². The van der Waals surface area contributed by atoms with Crippen molar-refractivity contribution in [1.29, 1.82) is 0 Å². The predicted octanol–water partition coefficient (Wildman–Crippen LogP) is 0.325. The summed E-state index contributed by atoms with van der Waals surface area (Å²) in [6, 6.07) is 0. The van der Waals surface area contributed by atoms with Crippen LogP contribution in [0, 0.1) is 5.41 Å². The van der Waals surface area contributed by atoms with Gasteiger partial charge >= 0.3 is 0 Å². The van der Waals surface area contributed by atoms with Crippen molar-refractivity contribution in [3.8, 4) is 0 Å². The first-order valence-corrected chi connectivity index (χ1v) is 5.53. The average Bonchev–Trinajstić information content (AvgIpc) is 2.65. The Morgan fingerprint density at radius 1 is 1.67 bits per heavy atom. The number of aromatic nitrogens is 2. The van der Waals surface area contributed by atoms with Crippen LogP contribution in [0.4, 0.5) is 0 Å². The van der Waals surface area contributed by atoms with Crippen molar-refractivity contribution in [2.24, 2.45) is 12.5 Å². The lowest BCUT2D eigenvalue weighted by atomic mass is 9.77. The van der Waals surface area contributed by atoms with Gasteiger partial charge in [-0.3, -0.25) is 4.68 Å². The zero-order chi connectivity index (χ0) is 10.7. The van der Waals surface area contributed by atoms with Gasteiger partial charge in [0, 0.05) is 25.2 Å². The van der Waals surface area contributed by atoms with Gasteiger partial charge in [-0.1, -0.05) is 0 Å². The zero-order valence-electron chi connectivity index (χ0n) is 9.24. The number of nitrogens with zero attached hydrogens (tertiary/aromatic N) is 2. The third-order valence-electron chi connectivity index (χ3n) is 3.23. The Morgan fingerprint density at radius 3 is 3.07 bits per heavy atom. The molecular weight excluding hydrogens is 190 g/mol. The topological polar surface area (TPSA) is 50.1 Å². The van der Waals surface area contributed by atoms with Crippen LogP contribution >= 0.6 is 0 Å². The average molecular weight is 209 g/mol. The maximum Gasteiger partial charge on any atom is 0.0521 e. The van der Waals surface area contributed by atoms with Crippen LogP contribution < -0.4 is 5.32 Å². The zero-order valence-corrected chi connectivity index (χ0v) is 9.24. The third-order valence-corrected chi connectivity index (χ3v) is 3.23. The van der Waals surface area contributed by atoms with E-state index < -0.39 is 0 Å². The van der Waals surface area contributed by atoms with Crippen molar-refractivity contribution < 1.29 is 5.11 Å². The molecule has 0 radical (unpaired) electrons. The van der Waals surface area contributed by atoms with E-state index in [-0.39, 0.29) is 12.0 Å². The second-order valence-electron chi connectivity index (χ2n) is 4.64. The van der Waals surface area contributed by atoms with Crippen LogP contribution in [0.25, 0.3) is 0 Å². The molecule has 0 amide bonds. The molecule has 0 aliphatic carbocycles. The molecule has 4 nitrogen and oxygen atoms in total. The molecule has 1 atom stereocenters. The molecule has 15 heavy (non-hydrogen) atoms. The van der Waals surface area contributed by atoms with E-state index in [0.717, 1.165) is 32.4 Å². The Bertz CT molecular complexity index is 315. The Balaban J connectivity index is 2.06. The summed E-state index contributed by atoms with van der Waals surface area (Å²) in [5, 5.41) is 17.1. The maximum absolute atomic E-state index is 9.54. The van der Waals surface area contributed by atoms with Crippen LogP contribution in [-0.4, -0.2) is 34.6 Å². The van der Waals surface area contributed by atoms with Gasteiger partial charge in [0.1, 0.15) is 0 Å². The van der Waals surface area contributed by atoms with Crippen LogP contribution in [-0.2, 0) is 13.5 Å². The molecule has 0 bridgehead atoms. The summed E-state index contributed by atoms with van der Waals surface area (Å²) in [6.07, 6.45) is 7.11. The number of aryl methyl sites for hydroxylation is 1. The predicted molar refractivity (Wildman–Crippen MR) is 58.5 cm³/mol. The first-order chi connectivity index (χ1) is 7.24. The summed E-state index contributed by atoms with van der Waals surface area (Å²) in [4.78, 5) is 0. The molecule has 2 heterocycles. The highest BCUT2D eigenvalue weighted by atomic mass is 16.3. The Hall–Kier alpha value is -0.870. The largest absolute Gasteiger partial charge is 0.396 e. The lowest BCUT2D eigenvalue weighted by Gasteiger charge is -2.35. The molecule has 1 aromatic heterocycles. The van der Waals surface area contributed by atoms with Crippen molar-refractivity contribution in [3.05, 3.63) is 18.0 Å². The maximum atomic E-state index is 9.54. The van der Waals surface area contributed by atoms with Gasteiger partial charge < -0.3 is 10.4 Å². The van der Waals surface area contributed by atoms with Crippen molar-refractivity contribution in [1.82, 2.24) is 15.1 Å². The minimum Gasteiger partial charge on any atom is -0.396 e. The van der Waals surface area contributed by atoms with E-state index in [4.69, 9.17) is 0 Å². The van der Waals surface area contributed by atoms with Crippen LogP contribution in [0.1, 0.15) is 18.4 Å². The lowest BCUT2D eigenvalue weighted by molar-refractivity contribution is 0.0948. The highest BCUT2D eigenvalue weighted by molar-refractivity contribution is 5.08. The van der Waals surface area contributed by atoms with Gasteiger partial charge in [-0.15, -0.1) is 0 Å². The molecule has 1 unspecified atom stereocenters. The second-order valence-corrected chi connectivity index (χ2v) is 4.64. The smallest absolute Gasteiger partial charge is 0.0521 e. The molecule has 1 aliphatic heterocycles. The molecule has 1 fully saturated rings. The fourth-order valence-corrected chi connectivity index (χ4v) is 2.37. The summed E-state index contributed by atoms with van der Waals surface area (Å²) in [6.45, 7) is 2.25. The molecule has 2 N–H and O–H groups in total. The molecule has 4 heteroatoms. The van der Waals surface area contributed by atoms with E-state index in [9.17, 15) is 5.11 Å². The summed E-state index contributed by atoms with van der Waals surface area (Å²) in [5.41, 5.74) is 1.25. The van der Waals surface area contributed by atoms with Crippen LogP contribution in [0.2, 0.25) is 0 Å². The molecule has 1 aromatic rings. The lowest BCUT2D eigenvalue weighted by Crippen LogP contribution is -2.43. The Labute approximate surface area is 90.3 Å². The fraction of sp³-hybridized carbons (Fsp3) is 0.727. The molecule has 1 saturated heterocycles. The third kappa shape index (κ3) is 2.38. The summed E-state index contributed by atoms with van der Waals surface area (Å²) in [7, 11) is 1.92. The van der Waals surface area contributed by atoms with Crippen molar-refractivity contribution in [3.63, 3.8) is 0 Å². The number of aliphatic hydroxyl groups excluding tert-OH is 1. The number of rotatable bonds is 3. The molecule has 1 aliphatic rings. The van der Waals surface area contributed by atoms with E-state index >= 15 is 0 Å². The van der Waals surface area contributed by atoms with E-state index in [1.807, 2.05) is 24.1 Å². The van der Waals surface area contributed by atoms with Crippen LogP contribution in [0.15, 0.2) is 12.4 Å². The van der Waals surface area contributed by atoms with E-state index in [0.29, 0.717) is 0 Å². The normalized spacial score (nSPS) is 26.8. The SMILES string of the molecule is Cn1cc(CC2(CO)CCCNC2)cn1. The number of aliphatic hydroxyl groups is 1. The molecule has 0 saturated carbocycles. The van der Waals surface area contributed by atoms with Crippen LogP contribution in [0.3, 0.4) is 0 Å². The van der Waals surface area contributed by atoms with Gasteiger partial charge in [-0.25, -0.2) is 0 Å². The quantitative estimate of drug-likeness (QED) is 0.754. The van der Waals surface area contributed by atoms with Gasteiger partial charge in [-0.2, -0.15) is 5.10 Å². The summed E-state index contributed by atoms with van der Waals surface area (Å²) >= 11 is 0. The van der Waals surface area contributed by atoms with Gasteiger partial charge in [0.25, 0.3) is 0 Å². The first-order valence-electron chi connectivity index (χ1n) is 5.53. The van der Waals surface area contributed by atoms with Gasteiger partial charge in [0.05, 0.1) is 12.8 Å². The number of hydrogen-bond donors (Lipinski definition) is 2. The Kier molecular flexibility index (Phi) is 3.07. The first kappa shape index (κ1) is 10.6. The minimum absolute atomic E-state index is 0.0291. The standard InChI is InChI=1S/C11H19N3O/c1-14-7-10(6-13-14)5-11(9-15)3-2-4-12-8-11/h6-7,12,15H,2-5,8-9H2,1H3. The fourth-order valence-electron chi connectivity index (χ4n) is 2.37. The molecule has 0 spiro atoms. The van der Waals surface area contributed by atoms with Gasteiger partial charge in [0.15, 0.2) is 0 Å². The highest BCUT2D eigenvalue weighted by Gasteiger charge is 2.31. The molecule has 0 aromatic carbocycles. The monoisotopic (exact) mass is 209 g/mol. The van der Waals surface area contributed by atoms with E-state index in [2.05, 4.69) is 10.4 Å². The van der Waals surface area contributed by atoms with Crippen molar-refractivity contribution in [2.45, 2.75) is 19.3 Å². The van der Waals surface area contributed by atoms with E-state index in [1.54, 1.807) is 0 Å². The van der Waals surface area contributed by atoms with Gasteiger partial charge in [-0.05, 0) is 31.4 Å². The number of piperidine rings is 1.